The molecule has 0 spiro atoms. The highest BCUT2D eigenvalue weighted by atomic mass is 19.1. The first kappa shape index (κ1) is 19.2. The number of hydrogen-bond donors (Lipinski definition) is 2. The van der Waals surface area contributed by atoms with Gasteiger partial charge in [-0.2, -0.15) is 0 Å². The van der Waals surface area contributed by atoms with E-state index in [1.807, 2.05) is 12.1 Å². The number of benzene rings is 3. The summed E-state index contributed by atoms with van der Waals surface area (Å²) in [7, 11) is 0. The summed E-state index contributed by atoms with van der Waals surface area (Å²) in [6.45, 7) is 0.804. The van der Waals surface area contributed by atoms with Gasteiger partial charge in [0.05, 0.1) is 0 Å². The van der Waals surface area contributed by atoms with Gasteiger partial charge in [-0.1, -0.05) is 18.2 Å². The van der Waals surface area contributed by atoms with E-state index in [2.05, 4.69) is 17.4 Å². The molecule has 3 N–H and O–H groups in total. The van der Waals surface area contributed by atoms with Crippen LogP contribution in [0.1, 0.15) is 39.5 Å². The molecule has 3 aromatic rings. The number of aryl methyl sites for hydroxylation is 1. The van der Waals surface area contributed by atoms with Crippen LogP contribution < -0.4 is 15.8 Å². The number of carbonyl (C=O) groups excluding carboxylic acids is 1. The predicted molar refractivity (Wildman–Crippen MR) is 111 cm³/mol. The molecule has 0 saturated carbocycles. The summed E-state index contributed by atoms with van der Waals surface area (Å²) in [4.78, 5) is 11.2. The van der Waals surface area contributed by atoms with E-state index in [0.717, 1.165) is 37.1 Å². The molecule has 148 valence electrons. The van der Waals surface area contributed by atoms with E-state index in [4.69, 9.17) is 10.5 Å². The third-order valence-electron chi connectivity index (χ3n) is 5.26. The van der Waals surface area contributed by atoms with Crippen LogP contribution in [0.2, 0.25) is 0 Å². The minimum absolute atomic E-state index is 0.189. The normalized spacial score (nSPS) is 15.1. The molecule has 4 rings (SSSR count). The standard InChI is InChI=1S/C24H23FN2O2/c25-19-3-1-2-16(14-19)12-13-27-23-11-6-18-15-21(9-10-22(18)23)29-20-7-4-17(5-8-20)24(26)28/h1-5,7-10,14-15,23,27H,6,11-13H2,(H2,26,28). The number of halogens is 1. The highest BCUT2D eigenvalue weighted by Crippen LogP contribution is 2.34. The van der Waals surface area contributed by atoms with E-state index in [1.54, 1.807) is 36.4 Å². The van der Waals surface area contributed by atoms with E-state index < -0.39 is 5.91 Å². The van der Waals surface area contributed by atoms with Gasteiger partial charge < -0.3 is 15.8 Å². The lowest BCUT2D eigenvalue weighted by atomic mass is 10.1. The lowest BCUT2D eigenvalue weighted by Crippen LogP contribution is -2.21. The van der Waals surface area contributed by atoms with Crippen molar-refractivity contribution in [1.29, 1.82) is 0 Å². The van der Waals surface area contributed by atoms with Crippen LogP contribution >= 0.6 is 0 Å². The zero-order valence-electron chi connectivity index (χ0n) is 16.0. The third kappa shape index (κ3) is 4.63. The van der Waals surface area contributed by atoms with Gasteiger partial charge in [-0.25, -0.2) is 4.39 Å². The molecule has 3 aromatic carbocycles. The summed E-state index contributed by atoms with van der Waals surface area (Å²) in [5, 5.41) is 3.58. The molecular weight excluding hydrogens is 367 g/mol. The Morgan fingerprint density at radius 3 is 2.62 bits per heavy atom. The quantitative estimate of drug-likeness (QED) is 0.623. The van der Waals surface area contributed by atoms with Crippen molar-refractivity contribution in [2.75, 3.05) is 6.54 Å². The van der Waals surface area contributed by atoms with Crippen molar-refractivity contribution in [3.63, 3.8) is 0 Å². The summed E-state index contributed by atoms with van der Waals surface area (Å²) in [6.07, 6.45) is 2.83. The van der Waals surface area contributed by atoms with Crippen LogP contribution in [0.25, 0.3) is 0 Å². The minimum Gasteiger partial charge on any atom is -0.457 e. The maximum atomic E-state index is 13.3. The maximum Gasteiger partial charge on any atom is 0.248 e. The maximum absolute atomic E-state index is 13.3. The molecule has 1 unspecified atom stereocenters. The Hall–Kier alpha value is -3.18. The Kier molecular flexibility index (Phi) is 5.58. The summed E-state index contributed by atoms with van der Waals surface area (Å²) in [6, 6.07) is 20.0. The molecule has 1 aliphatic carbocycles. The molecule has 0 radical (unpaired) electrons. The Morgan fingerprint density at radius 2 is 1.86 bits per heavy atom. The first-order valence-electron chi connectivity index (χ1n) is 9.77. The van der Waals surface area contributed by atoms with Crippen LogP contribution in [-0.4, -0.2) is 12.5 Å². The Balaban J connectivity index is 1.36. The summed E-state index contributed by atoms with van der Waals surface area (Å²) in [5.74, 6) is 0.796. The molecule has 0 heterocycles. The molecule has 5 heteroatoms. The Morgan fingerprint density at radius 1 is 1.07 bits per heavy atom. The lowest BCUT2D eigenvalue weighted by molar-refractivity contribution is 0.100. The van der Waals surface area contributed by atoms with Crippen LogP contribution in [0.4, 0.5) is 4.39 Å². The fourth-order valence-corrected chi connectivity index (χ4v) is 3.78. The molecule has 1 amide bonds. The fourth-order valence-electron chi connectivity index (χ4n) is 3.78. The molecular formula is C24H23FN2O2. The van der Waals surface area contributed by atoms with E-state index in [-0.39, 0.29) is 5.82 Å². The molecule has 0 bridgehead atoms. The average Bonchev–Trinajstić information content (AvgIpc) is 3.11. The second kappa shape index (κ2) is 8.45. The number of ether oxygens (including phenoxy) is 1. The van der Waals surface area contributed by atoms with Crippen molar-refractivity contribution >= 4 is 5.91 Å². The van der Waals surface area contributed by atoms with E-state index in [1.165, 1.54) is 17.2 Å². The zero-order valence-corrected chi connectivity index (χ0v) is 16.0. The van der Waals surface area contributed by atoms with Crippen molar-refractivity contribution < 1.29 is 13.9 Å². The van der Waals surface area contributed by atoms with Gasteiger partial charge in [0.2, 0.25) is 5.91 Å². The summed E-state index contributed by atoms with van der Waals surface area (Å²) in [5.41, 5.74) is 9.29. The molecule has 4 nitrogen and oxygen atoms in total. The van der Waals surface area contributed by atoms with Crippen molar-refractivity contribution in [2.24, 2.45) is 5.73 Å². The van der Waals surface area contributed by atoms with Gasteiger partial charge in [0, 0.05) is 11.6 Å². The summed E-state index contributed by atoms with van der Waals surface area (Å²) >= 11 is 0. The van der Waals surface area contributed by atoms with Gasteiger partial charge in [-0.3, -0.25) is 4.79 Å². The number of nitrogens with one attached hydrogen (secondary N) is 1. The van der Waals surface area contributed by atoms with Gasteiger partial charge in [0.1, 0.15) is 17.3 Å². The van der Waals surface area contributed by atoms with Crippen LogP contribution in [0, 0.1) is 5.82 Å². The molecule has 0 aliphatic heterocycles. The monoisotopic (exact) mass is 390 g/mol. The smallest absolute Gasteiger partial charge is 0.248 e. The van der Waals surface area contributed by atoms with E-state index in [0.29, 0.717) is 17.4 Å². The second-order valence-corrected chi connectivity index (χ2v) is 7.28. The molecule has 0 fully saturated rings. The Labute approximate surface area is 169 Å². The highest BCUT2D eigenvalue weighted by Gasteiger charge is 2.22. The lowest BCUT2D eigenvalue weighted by Gasteiger charge is -2.15. The largest absolute Gasteiger partial charge is 0.457 e. The number of carbonyl (C=O) groups is 1. The van der Waals surface area contributed by atoms with Crippen LogP contribution in [-0.2, 0) is 12.8 Å². The highest BCUT2D eigenvalue weighted by molar-refractivity contribution is 5.92. The minimum atomic E-state index is -0.454. The van der Waals surface area contributed by atoms with Gasteiger partial charge >= 0.3 is 0 Å². The first-order chi connectivity index (χ1) is 14.1. The summed E-state index contributed by atoms with van der Waals surface area (Å²) < 4.78 is 19.2. The SMILES string of the molecule is NC(=O)c1ccc(Oc2ccc3c(c2)CCC3NCCc2cccc(F)c2)cc1. The third-order valence-corrected chi connectivity index (χ3v) is 5.26. The Bertz CT molecular complexity index is 1020. The molecule has 1 atom stereocenters. The number of amides is 1. The molecule has 1 aliphatic rings. The van der Waals surface area contributed by atoms with Crippen LogP contribution in [0.3, 0.4) is 0 Å². The number of rotatable bonds is 7. The fraction of sp³-hybridized carbons (Fsp3) is 0.208. The number of primary amides is 1. The van der Waals surface area contributed by atoms with Crippen molar-refractivity contribution in [3.8, 4) is 11.5 Å². The van der Waals surface area contributed by atoms with Crippen molar-refractivity contribution in [1.82, 2.24) is 5.32 Å². The molecule has 0 aromatic heterocycles. The number of fused-ring (bicyclic) bond motifs is 1. The van der Waals surface area contributed by atoms with Crippen molar-refractivity contribution in [2.45, 2.75) is 25.3 Å². The molecule has 0 saturated heterocycles. The van der Waals surface area contributed by atoms with Gasteiger partial charge in [-0.05, 0) is 91.0 Å². The van der Waals surface area contributed by atoms with Crippen molar-refractivity contribution in [3.05, 3.63) is 94.8 Å². The topological polar surface area (TPSA) is 64.4 Å². The van der Waals surface area contributed by atoms with Gasteiger partial charge in [-0.15, -0.1) is 0 Å². The number of hydrogen-bond acceptors (Lipinski definition) is 3. The van der Waals surface area contributed by atoms with Gasteiger partial charge in [0.25, 0.3) is 0 Å². The first-order valence-corrected chi connectivity index (χ1v) is 9.77. The average molecular weight is 390 g/mol. The van der Waals surface area contributed by atoms with E-state index in [9.17, 15) is 9.18 Å². The zero-order chi connectivity index (χ0) is 20.2. The van der Waals surface area contributed by atoms with Crippen LogP contribution in [0.5, 0.6) is 11.5 Å². The second-order valence-electron chi connectivity index (χ2n) is 7.28. The number of nitrogens with two attached hydrogens (primary N) is 1. The van der Waals surface area contributed by atoms with Gasteiger partial charge in [0.15, 0.2) is 0 Å². The van der Waals surface area contributed by atoms with Crippen LogP contribution in [0.15, 0.2) is 66.7 Å². The molecule has 29 heavy (non-hydrogen) atoms. The van der Waals surface area contributed by atoms with E-state index >= 15 is 0 Å². The predicted octanol–water partition coefficient (Wildman–Crippen LogP) is 4.54.